The summed E-state index contributed by atoms with van der Waals surface area (Å²) in [5.74, 6) is 1.55. The number of aryl methyl sites for hydroxylation is 2. The number of hydrogen-bond acceptors (Lipinski definition) is 6. The minimum atomic E-state index is -3.42. The van der Waals surface area contributed by atoms with E-state index in [1.165, 1.54) is 6.20 Å². The van der Waals surface area contributed by atoms with E-state index in [0.717, 1.165) is 55.7 Å². The van der Waals surface area contributed by atoms with Gasteiger partial charge in [0.15, 0.2) is 0 Å². The largest absolute Gasteiger partial charge is 0.370 e. The number of pyridine rings is 1. The number of nitrogens with one attached hydrogen (secondary N) is 1. The van der Waals surface area contributed by atoms with Crippen molar-refractivity contribution in [1.82, 2.24) is 14.4 Å². The van der Waals surface area contributed by atoms with E-state index >= 15 is 0 Å². The standard InChI is InChI=1S/C18H26N4O3S/c1-14-17(15(2)25-21-14)7-6-10-19-18-9-8-16(13-20-18)26(23,24)22-11-4-3-5-12-22/h8-9,13H,3-7,10-12H2,1-2H3,(H,19,20). The van der Waals surface area contributed by atoms with Gasteiger partial charge < -0.3 is 9.84 Å². The first-order valence-corrected chi connectivity index (χ1v) is 10.5. The third-order valence-electron chi connectivity index (χ3n) is 4.78. The van der Waals surface area contributed by atoms with E-state index in [4.69, 9.17) is 4.52 Å². The fourth-order valence-corrected chi connectivity index (χ4v) is 4.70. The van der Waals surface area contributed by atoms with Crippen molar-refractivity contribution in [2.24, 2.45) is 0 Å². The number of sulfonamides is 1. The summed E-state index contributed by atoms with van der Waals surface area (Å²) in [4.78, 5) is 4.53. The number of anilines is 1. The molecular formula is C18H26N4O3S. The second kappa shape index (κ2) is 8.18. The quantitative estimate of drug-likeness (QED) is 0.745. The van der Waals surface area contributed by atoms with Gasteiger partial charge in [-0.15, -0.1) is 0 Å². The van der Waals surface area contributed by atoms with Crippen molar-refractivity contribution in [1.29, 1.82) is 0 Å². The molecule has 3 heterocycles. The lowest BCUT2D eigenvalue weighted by Crippen LogP contribution is -2.35. The summed E-state index contributed by atoms with van der Waals surface area (Å²) < 4.78 is 31.9. The van der Waals surface area contributed by atoms with E-state index < -0.39 is 10.0 Å². The van der Waals surface area contributed by atoms with Crippen LogP contribution in [-0.4, -0.2) is 42.5 Å². The predicted molar refractivity (Wildman–Crippen MR) is 99.6 cm³/mol. The molecule has 1 aliphatic heterocycles. The van der Waals surface area contributed by atoms with E-state index in [1.54, 1.807) is 16.4 Å². The summed E-state index contributed by atoms with van der Waals surface area (Å²) in [5.41, 5.74) is 2.09. The Labute approximate surface area is 154 Å². The highest BCUT2D eigenvalue weighted by Crippen LogP contribution is 2.21. The van der Waals surface area contributed by atoms with Crippen LogP contribution in [0.25, 0.3) is 0 Å². The normalized spacial score (nSPS) is 15.9. The lowest BCUT2D eigenvalue weighted by molar-refractivity contribution is 0.346. The SMILES string of the molecule is Cc1noc(C)c1CCCNc1ccc(S(=O)(=O)N2CCCCC2)cn1. The van der Waals surface area contributed by atoms with Crippen LogP contribution in [0.15, 0.2) is 27.7 Å². The van der Waals surface area contributed by atoms with Gasteiger partial charge in [0.05, 0.1) is 5.69 Å². The summed E-state index contributed by atoms with van der Waals surface area (Å²) in [6.07, 6.45) is 6.20. The van der Waals surface area contributed by atoms with Crippen LogP contribution >= 0.6 is 0 Å². The Kier molecular flexibility index (Phi) is 5.93. The molecule has 26 heavy (non-hydrogen) atoms. The van der Waals surface area contributed by atoms with Gasteiger partial charge in [0.25, 0.3) is 0 Å². The maximum atomic E-state index is 12.6. The molecule has 1 N–H and O–H groups in total. The minimum Gasteiger partial charge on any atom is -0.370 e. The third kappa shape index (κ3) is 4.24. The summed E-state index contributed by atoms with van der Waals surface area (Å²) >= 11 is 0. The van der Waals surface area contributed by atoms with Crippen LogP contribution in [0.4, 0.5) is 5.82 Å². The summed E-state index contributed by atoms with van der Waals surface area (Å²) in [5, 5.41) is 7.19. The molecule has 1 aliphatic rings. The first kappa shape index (κ1) is 18.8. The summed E-state index contributed by atoms with van der Waals surface area (Å²) in [6.45, 7) is 5.82. The van der Waals surface area contributed by atoms with Gasteiger partial charge in [0.2, 0.25) is 10.0 Å². The first-order chi connectivity index (χ1) is 12.5. The third-order valence-corrected chi connectivity index (χ3v) is 6.66. The molecule has 0 unspecified atom stereocenters. The molecule has 1 saturated heterocycles. The molecule has 3 rings (SSSR count). The number of rotatable bonds is 7. The molecule has 0 spiro atoms. The van der Waals surface area contributed by atoms with Gasteiger partial charge >= 0.3 is 0 Å². The maximum absolute atomic E-state index is 12.6. The van der Waals surface area contributed by atoms with E-state index in [1.807, 2.05) is 13.8 Å². The highest BCUT2D eigenvalue weighted by Gasteiger charge is 2.26. The molecule has 8 heteroatoms. The lowest BCUT2D eigenvalue weighted by Gasteiger charge is -2.25. The summed E-state index contributed by atoms with van der Waals surface area (Å²) in [6, 6.07) is 3.36. The van der Waals surface area contributed by atoms with Crippen LogP contribution in [0, 0.1) is 13.8 Å². The number of piperidine rings is 1. The minimum absolute atomic E-state index is 0.265. The highest BCUT2D eigenvalue weighted by atomic mass is 32.2. The van der Waals surface area contributed by atoms with Gasteiger partial charge in [0, 0.05) is 31.4 Å². The zero-order chi connectivity index (χ0) is 18.6. The van der Waals surface area contributed by atoms with Crippen molar-refractivity contribution in [3.63, 3.8) is 0 Å². The zero-order valence-corrected chi connectivity index (χ0v) is 16.2. The van der Waals surface area contributed by atoms with Crippen molar-refractivity contribution < 1.29 is 12.9 Å². The molecule has 0 saturated carbocycles. The molecule has 0 radical (unpaired) electrons. The Bertz CT molecular complexity index is 805. The predicted octanol–water partition coefficient (Wildman–Crippen LogP) is 2.91. The smallest absolute Gasteiger partial charge is 0.244 e. The van der Waals surface area contributed by atoms with Crippen molar-refractivity contribution >= 4 is 15.8 Å². The van der Waals surface area contributed by atoms with Crippen molar-refractivity contribution in [3.05, 3.63) is 35.3 Å². The van der Waals surface area contributed by atoms with Gasteiger partial charge in [-0.2, -0.15) is 4.31 Å². The molecule has 0 amide bonds. The molecule has 0 aliphatic carbocycles. The molecule has 0 aromatic carbocycles. The van der Waals surface area contributed by atoms with Crippen LogP contribution in [0.2, 0.25) is 0 Å². The number of hydrogen-bond donors (Lipinski definition) is 1. The van der Waals surface area contributed by atoms with Gasteiger partial charge in [0.1, 0.15) is 16.5 Å². The van der Waals surface area contributed by atoms with Crippen LogP contribution < -0.4 is 5.32 Å². The van der Waals surface area contributed by atoms with E-state index in [2.05, 4.69) is 15.5 Å². The van der Waals surface area contributed by atoms with Gasteiger partial charge in [-0.1, -0.05) is 11.6 Å². The van der Waals surface area contributed by atoms with Crippen LogP contribution in [0.5, 0.6) is 0 Å². The first-order valence-electron chi connectivity index (χ1n) is 9.10. The molecule has 0 atom stereocenters. The molecule has 7 nitrogen and oxygen atoms in total. The van der Waals surface area contributed by atoms with Crippen molar-refractivity contribution in [3.8, 4) is 0 Å². The Morgan fingerprint density at radius 1 is 1.19 bits per heavy atom. The molecular weight excluding hydrogens is 352 g/mol. The van der Waals surface area contributed by atoms with Crippen molar-refractivity contribution in [2.45, 2.75) is 50.8 Å². The molecule has 2 aromatic heterocycles. The Hall–Kier alpha value is -1.93. The summed E-state index contributed by atoms with van der Waals surface area (Å²) in [7, 11) is -3.42. The Morgan fingerprint density at radius 3 is 2.58 bits per heavy atom. The van der Waals surface area contributed by atoms with Crippen LogP contribution in [0.3, 0.4) is 0 Å². The van der Waals surface area contributed by atoms with E-state index in [9.17, 15) is 8.42 Å². The zero-order valence-electron chi connectivity index (χ0n) is 15.4. The van der Waals surface area contributed by atoms with Gasteiger partial charge in [-0.3, -0.25) is 0 Å². The average molecular weight is 378 g/mol. The van der Waals surface area contributed by atoms with E-state index in [-0.39, 0.29) is 4.90 Å². The Morgan fingerprint density at radius 2 is 1.96 bits per heavy atom. The molecule has 0 bridgehead atoms. The van der Waals surface area contributed by atoms with Crippen LogP contribution in [0.1, 0.15) is 42.7 Å². The van der Waals surface area contributed by atoms with Crippen molar-refractivity contribution in [2.75, 3.05) is 25.0 Å². The second-order valence-corrected chi connectivity index (χ2v) is 8.61. The average Bonchev–Trinajstić information content (AvgIpc) is 2.98. The molecule has 142 valence electrons. The second-order valence-electron chi connectivity index (χ2n) is 6.68. The fourth-order valence-electron chi connectivity index (χ4n) is 3.23. The van der Waals surface area contributed by atoms with Gasteiger partial charge in [-0.05, 0) is 51.7 Å². The van der Waals surface area contributed by atoms with E-state index in [0.29, 0.717) is 18.9 Å². The number of nitrogens with zero attached hydrogens (tertiary/aromatic N) is 3. The monoisotopic (exact) mass is 378 g/mol. The molecule has 2 aromatic rings. The maximum Gasteiger partial charge on any atom is 0.244 e. The number of aromatic nitrogens is 2. The Balaban J connectivity index is 1.53. The fraction of sp³-hybridized carbons (Fsp3) is 0.556. The lowest BCUT2D eigenvalue weighted by atomic mass is 10.1. The van der Waals surface area contributed by atoms with Gasteiger partial charge in [-0.25, -0.2) is 13.4 Å². The topological polar surface area (TPSA) is 88.3 Å². The highest BCUT2D eigenvalue weighted by molar-refractivity contribution is 7.89. The molecule has 1 fully saturated rings. The van der Waals surface area contributed by atoms with Crippen LogP contribution in [-0.2, 0) is 16.4 Å².